The standard InChI is InChI=1S/C16H17N5/c1-20-11-5-8-14(20)21-15-13(7-4-10-18-15)19-16(21)12-6-2-3-9-17-12/h2-4,6-7,9-10,14H,5,8,11H2,1H3. The van der Waals surface area contributed by atoms with E-state index in [4.69, 9.17) is 4.98 Å². The first-order valence-corrected chi connectivity index (χ1v) is 7.29. The molecule has 1 fully saturated rings. The third-order valence-corrected chi connectivity index (χ3v) is 4.12. The second kappa shape index (κ2) is 4.93. The highest BCUT2D eigenvalue weighted by molar-refractivity contribution is 5.76. The molecule has 0 radical (unpaired) electrons. The van der Waals surface area contributed by atoms with E-state index in [9.17, 15) is 0 Å². The minimum atomic E-state index is 0.307. The Bertz CT molecular complexity index is 765. The maximum absolute atomic E-state index is 4.77. The van der Waals surface area contributed by atoms with E-state index >= 15 is 0 Å². The molecule has 3 aromatic rings. The first kappa shape index (κ1) is 12.5. The van der Waals surface area contributed by atoms with E-state index in [2.05, 4.69) is 26.5 Å². The van der Waals surface area contributed by atoms with Crippen molar-refractivity contribution in [2.24, 2.45) is 0 Å². The number of hydrogen-bond donors (Lipinski definition) is 0. The SMILES string of the molecule is CN1CCCC1n1c(-c2ccccn2)nc2cccnc21. The molecule has 1 atom stereocenters. The van der Waals surface area contributed by atoms with Gasteiger partial charge in [0.1, 0.15) is 11.2 Å². The molecule has 5 heteroatoms. The van der Waals surface area contributed by atoms with Crippen LogP contribution in [0.5, 0.6) is 0 Å². The van der Waals surface area contributed by atoms with Crippen molar-refractivity contribution in [3.05, 3.63) is 42.7 Å². The van der Waals surface area contributed by atoms with Gasteiger partial charge in [0.25, 0.3) is 0 Å². The largest absolute Gasteiger partial charge is 0.291 e. The lowest BCUT2D eigenvalue weighted by Crippen LogP contribution is -2.24. The fourth-order valence-electron chi connectivity index (χ4n) is 3.11. The van der Waals surface area contributed by atoms with Gasteiger partial charge >= 0.3 is 0 Å². The molecule has 0 saturated carbocycles. The van der Waals surface area contributed by atoms with Gasteiger partial charge in [-0.3, -0.25) is 14.5 Å². The molecule has 0 amide bonds. The van der Waals surface area contributed by atoms with E-state index in [0.717, 1.165) is 35.6 Å². The number of likely N-dealkylation sites (tertiary alicyclic amines) is 1. The molecule has 4 rings (SSSR count). The lowest BCUT2D eigenvalue weighted by atomic mass is 10.3. The minimum Gasteiger partial charge on any atom is -0.291 e. The van der Waals surface area contributed by atoms with Gasteiger partial charge in [-0.05, 0) is 50.7 Å². The molecule has 1 aliphatic rings. The summed E-state index contributed by atoms with van der Waals surface area (Å²) in [7, 11) is 2.16. The highest BCUT2D eigenvalue weighted by Crippen LogP contribution is 2.32. The molecule has 1 unspecified atom stereocenters. The molecule has 3 aromatic heterocycles. The second-order valence-electron chi connectivity index (χ2n) is 5.47. The van der Waals surface area contributed by atoms with Gasteiger partial charge < -0.3 is 0 Å². The summed E-state index contributed by atoms with van der Waals surface area (Å²) in [5.41, 5.74) is 2.77. The van der Waals surface area contributed by atoms with Crippen molar-refractivity contribution in [2.75, 3.05) is 13.6 Å². The Morgan fingerprint density at radius 2 is 2.00 bits per heavy atom. The van der Waals surface area contributed by atoms with Crippen molar-refractivity contribution in [1.82, 2.24) is 24.4 Å². The summed E-state index contributed by atoms with van der Waals surface area (Å²) in [5, 5.41) is 0. The van der Waals surface area contributed by atoms with Gasteiger partial charge in [0.15, 0.2) is 11.5 Å². The van der Waals surface area contributed by atoms with Crippen LogP contribution in [0.15, 0.2) is 42.7 Å². The number of hydrogen-bond acceptors (Lipinski definition) is 4. The Balaban J connectivity index is 1.97. The molecule has 4 heterocycles. The summed E-state index contributed by atoms with van der Waals surface area (Å²) in [6, 6.07) is 9.88. The monoisotopic (exact) mass is 279 g/mol. The number of pyridine rings is 2. The third kappa shape index (κ3) is 2.01. The Hall–Kier alpha value is -2.27. The predicted octanol–water partition coefficient (Wildman–Crippen LogP) is 2.72. The first-order chi connectivity index (χ1) is 10.3. The lowest BCUT2D eigenvalue weighted by Gasteiger charge is -2.23. The van der Waals surface area contributed by atoms with Gasteiger partial charge in [0, 0.05) is 12.4 Å². The number of aromatic nitrogens is 4. The zero-order valence-corrected chi connectivity index (χ0v) is 12.0. The topological polar surface area (TPSA) is 46.8 Å². The molecular weight excluding hydrogens is 262 g/mol. The van der Waals surface area contributed by atoms with Crippen LogP contribution < -0.4 is 0 Å². The van der Waals surface area contributed by atoms with Crippen molar-refractivity contribution in [1.29, 1.82) is 0 Å². The summed E-state index contributed by atoms with van der Waals surface area (Å²) < 4.78 is 2.24. The van der Waals surface area contributed by atoms with Crippen LogP contribution in [0, 0.1) is 0 Å². The zero-order valence-electron chi connectivity index (χ0n) is 12.0. The maximum Gasteiger partial charge on any atom is 0.162 e. The minimum absolute atomic E-state index is 0.307. The molecule has 106 valence electrons. The summed E-state index contributed by atoms with van der Waals surface area (Å²) in [6.45, 7) is 1.11. The van der Waals surface area contributed by atoms with Crippen molar-refractivity contribution in [2.45, 2.75) is 19.0 Å². The van der Waals surface area contributed by atoms with Crippen molar-refractivity contribution >= 4 is 11.2 Å². The molecule has 0 N–H and O–H groups in total. The summed E-state index contributed by atoms with van der Waals surface area (Å²) in [5.74, 6) is 0.906. The average Bonchev–Trinajstić information content (AvgIpc) is 3.11. The van der Waals surface area contributed by atoms with Gasteiger partial charge in [-0.1, -0.05) is 6.07 Å². The number of fused-ring (bicyclic) bond motifs is 1. The Morgan fingerprint density at radius 1 is 1.10 bits per heavy atom. The third-order valence-electron chi connectivity index (χ3n) is 4.12. The van der Waals surface area contributed by atoms with E-state index in [1.807, 2.05) is 42.7 Å². The van der Waals surface area contributed by atoms with Gasteiger partial charge in [-0.25, -0.2) is 9.97 Å². The van der Waals surface area contributed by atoms with Gasteiger partial charge in [0.05, 0.1) is 6.17 Å². The Kier molecular flexibility index (Phi) is 2.93. The fourth-order valence-corrected chi connectivity index (χ4v) is 3.11. The predicted molar refractivity (Wildman–Crippen MR) is 81.7 cm³/mol. The van der Waals surface area contributed by atoms with Crippen molar-refractivity contribution < 1.29 is 0 Å². The van der Waals surface area contributed by atoms with Crippen LogP contribution in [0.25, 0.3) is 22.7 Å². The van der Waals surface area contributed by atoms with Crippen LogP contribution in [-0.4, -0.2) is 38.0 Å². The zero-order chi connectivity index (χ0) is 14.2. The lowest BCUT2D eigenvalue weighted by molar-refractivity contribution is 0.244. The molecule has 0 aromatic carbocycles. The van der Waals surface area contributed by atoms with Crippen molar-refractivity contribution in [3.8, 4) is 11.5 Å². The highest BCUT2D eigenvalue weighted by atomic mass is 15.3. The average molecular weight is 279 g/mol. The number of rotatable bonds is 2. The summed E-state index contributed by atoms with van der Waals surface area (Å²) >= 11 is 0. The van der Waals surface area contributed by atoms with Crippen LogP contribution in [0.1, 0.15) is 19.0 Å². The summed E-state index contributed by atoms with van der Waals surface area (Å²) in [4.78, 5) is 16.2. The molecule has 0 spiro atoms. The first-order valence-electron chi connectivity index (χ1n) is 7.29. The van der Waals surface area contributed by atoms with Gasteiger partial charge in [-0.2, -0.15) is 0 Å². The van der Waals surface area contributed by atoms with Crippen LogP contribution in [0.3, 0.4) is 0 Å². The molecule has 5 nitrogen and oxygen atoms in total. The normalized spacial score (nSPS) is 19.4. The number of nitrogens with zero attached hydrogens (tertiary/aromatic N) is 5. The van der Waals surface area contributed by atoms with E-state index in [1.54, 1.807) is 0 Å². The van der Waals surface area contributed by atoms with Crippen LogP contribution in [-0.2, 0) is 0 Å². The molecule has 0 bridgehead atoms. The highest BCUT2D eigenvalue weighted by Gasteiger charge is 2.28. The Labute approximate surface area is 123 Å². The van der Waals surface area contributed by atoms with E-state index in [1.165, 1.54) is 6.42 Å². The molecule has 1 aliphatic heterocycles. The van der Waals surface area contributed by atoms with Crippen LogP contribution in [0.4, 0.5) is 0 Å². The van der Waals surface area contributed by atoms with Crippen LogP contribution in [0.2, 0.25) is 0 Å². The summed E-state index contributed by atoms with van der Waals surface area (Å²) in [6.07, 6.45) is 6.28. The number of imidazole rings is 1. The van der Waals surface area contributed by atoms with E-state index in [0.29, 0.717) is 6.17 Å². The molecular formula is C16H17N5. The molecule has 21 heavy (non-hydrogen) atoms. The van der Waals surface area contributed by atoms with Crippen molar-refractivity contribution in [3.63, 3.8) is 0 Å². The smallest absolute Gasteiger partial charge is 0.162 e. The van der Waals surface area contributed by atoms with E-state index in [-0.39, 0.29) is 0 Å². The second-order valence-corrected chi connectivity index (χ2v) is 5.47. The maximum atomic E-state index is 4.77. The van der Waals surface area contributed by atoms with E-state index < -0.39 is 0 Å². The quantitative estimate of drug-likeness (QED) is 0.723. The fraction of sp³-hybridized carbons (Fsp3) is 0.312. The van der Waals surface area contributed by atoms with Crippen LogP contribution >= 0.6 is 0 Å². The van der Waals surface area contributed by atoms with Gasteiger partial charge in [0.2, 0.25) is 0 Å². The molecule has 0 aliphatic carbocycles. The van der Waals surface area contributed by atoms with Gasteiger partial charge in [-0.15, -0.1) is 0 Å². The Morgan fingerprint density at radius 3 is 2.76 bits per heavy atom. The molecule has 1 saturated heterocycles.